The fourth-order valence-electron chi connectivity index (χ4n) is 2.83. The molecule has 2 atom stereocenters. The molecular weight excluding hydrogens is 234 g/mol. The van der Waals surface area contributed by atoms with Gasteiger partial charge in [-0.25, -0.2) is 0 Å². The van der Waals surface area contributed by atoms with Crippen molar-refractivity contribution in [1.82, 2.24) is 0 Å². The van der Waals surface area contributed by atoms with Crippen LogP contribution in [0.15, 0.2) is 29.8 Å². The van der Waals surface area contributed by atoms with Gasteiger partial charge in [-0.15, -0.1) is 0 Å². The largest absolute Gasteiger partial charge is 0.372 e. The summed E-state index contributed by atoms with van der Waals surface area (Å²) in [6, 6.07) is 8.78. The third kappa shape index (κ3) is 2.90. The molecule has 0 bridgehead atoms. The SMILES string of the molecule is CCC(C)c1ccccc1C1=C(C)C(CN)OCC1. The van der Waals surface area contributed by atoms with E-state index in [1.165, 1.54) is 28.7 Å². The number of hydrogen-bond acceptors (Lipinski definition) is 2. The molecule has 2 heteroatoms. The Morgan fingerprint density at radius 3 is 2.79 bits per heavy atom. The molecule has 1 aromatic carbocycles. The lowest BCUT2D eigenvalue weighted by Crippen LogP contribution is -2.29. The van der Waals surface area contributed by atoms with Gasteiger partial charge in [0.1, 0.15) is 0 Å². The van der Waals surface area contributed by atoms with E-state index in [9.17, 15) is 0 Å². The van der Waals surface area contributed by atoms with Gasteiger partial charge in [0, 0.05) is 6.54 Å². The van der Waals surface area contributed by atoms with Crippen LogP contribution in [-0.2, 0) is 4.74 Å². The standard InChI is InChI=1S/C17H25NO/c1-4-12(2)14-7-5-6-8-16(14)15-9-10-19-17(11-18)13(15)3/h5-8,12,17H,4,9-11,18H2,1-3H3. The molecule has 104 valence electrons. The van der Waals surface area contributed by atoms with Crippen LogP contribution >= 0.6 is 0 Å². The molecule has 19 heavy (non-hydrogen) atoms. The molecule has 1 aliphatic rings. The molecule has 0 spiro atoms. The summed E-state index contributed by atoms with van der Waals surface area (Å²) in [5.74, 6) is 0.593. The fraction of sp³-hybridized carbons (Fsp3) is 0.529. The first-order valence-electron chi connectivity index (χ1n) is 7.29. The van der Waals surface area contributed by atoms with E-state index in [2.05, 4.69) is 45.0 Å². The summed E-state index contributed by atoms with van der Waals surface area (Å²) in [6.45, 7) is 8.06. The van der Waals surface area contributed by atoms with Gasteiger partial charge in [-0.1, -0.05) is 38.1 Å². The molecule has 0 amide bonds. The van der Waals surface area contributed by atoms with E-state index >= 15 is 0 Å². The molecule has 2 nitrogen and oxygen atoms in total. The third-order valence-corrected chi connectivity index (χ3v) is 4.27. The van der Waals surface area contributed by atoms with E-state index in [0.717, 1.165) is 13.0 Å². The molecule has 0 saturated carbocycles. The minimum absolute atomic E-state index is 0.0914. The molecule has 1 heterocycles. The van der Waals surface area contributed by atoms with Crippen LogP contribution < -0.4 is 5.73 Å². The van der Waals surface area contributed by atoms with Gasteiger partial charge >= 0.3 is 0 Å². The van der Waals surface area contributed by atoms with Crippen LogP contribution in [-0.4, -0.2) is 19.3 Å². The van der Waals surface area contributed by atoms with Crippen LogP contribution in [0.25, 0.3) is 5.57 Å². The Hall–Kier alpha value is -1.12. The molecule has 0 radical (unpaired) electrons. The zero-order valence-electron chi connectivity index (χ0n) is 12.3. The number of nitrogens with two attached hydrogens (primary N) is 1. The molecule has 0 saturated heterocycles. The van der Waals surface area contributed by atoms with Gasteiger partial charge < -0.3 is 10.5 Å². The highest BCUT2D eigenvalue weighted by molar-refractivity contribution is 5.72. The Balaban J connectivity index is 2.46. The summed E-state index contributed by atoms with van der Waals surface area (Å²) in [5.41, 5.74) is 11.4. The molecule has 2 unspecified atom stereocenters. The van der Waals surface area contributed by atoms with Gasteiger partial charge in [0.05, 0.1) is 12.7 Å². The number of ether oxygens (including phenoxy) is 1. The minimum Gasteiger partial charge on any atom is -0.372 e. The van der Waals surface area contributed by atoms with Crippen molar-refractivity contribution in [1.29, 1.82) is 0 Å². The molecule has 1 aliphatic heterocycles. The summed E-state index contributed by atoms with van der Waals surface area (Å²) in [5, 5.41) is 0. The first kappa shape index (κ1) is 14.3. The highest BCUT2D eigenvalue weighted by Crippen LogP contribution is 2.34. The van der Waals surface area contributed by atoms with Crippen molar-refractivity contribution in [2.75, 3.05) is 13.2 Å². The van der Waals surface area contributed by atoms with Crippen LogP contribution in [0.3, 0.4) is 0 Å². The van der Waals surface area contributed by atoms with E-state index in [-0.39, 0.29) is 6.10 Å². The van der Waals surface area contributed by atoms with Crippen LogP contribution in [0.2, 0.25) is 0 Å². The maximum absolute atomic E-state index is 5.80. The maximum atomic E-state index is 5.80. The van der Waals surface area contributed by atoms with Gasteiger partial charge in [-0.05, 0) is 48.0 Å². The van der Waals surface area contributed by atoms with E-state index in [1.54, 1.807) is 0 Å². The number of benzene rings is 1. The summed E-state index contributed by atoms with van der Waals surface area (Å²) < 4.78 is 5.73. The van der Waals surface area contributed by atoms with Gasteiger partial charge in [0.15, 0.2) is 0 Å². The molecule has 1 aromatic rings. The van der Waals surface area contributed by atoms with Crippen LogP contribution in [0.4, 0.5) is 0 Å². The normalized spacial score (nSPS) is 21.6. The van der Waals surface area contributed by atoms with Crippen molar-refractivity contribution in [3.05, 3.63) is 41.0 Å². The Morgan fingerprint density at radius 2 is 2.11 bits per heavy atom. The van der Waals surface area contributed by atoms with E-state index in [0.29, 0.717) is 12.5 Å². The molecule has 2 rings (SSSR count). The second-order valence-corrected chi connectivity index (χ2v) is 5.40. The monoisotopic (exact) mass is 259 g/mol. The topological polar surface area (TPSA) is 35.2 Å². The number of rotatable bonds is 4. The molecule has 0 fully saturated rings. The molecule has 2 N–H and O–H groups in total. The predicted octanol–water partition coefficient (Wildman–Crippen LogP) is 3.72. The summed E-state index contributed by atoms with van der Waals surface area (Å²) in [4.78, 5) is 0. The average molecular weight is 259 g/mol. The first-order valence-corrected chi connectivity index (χ1v) is 7.29. The van der Waals surface area contributed by atoms with Crippen LogP contribution in [0.1, 0.15) is 50.7 Å². The highest BCUT2D eigenvalue weighted by atomic mass is 16.5. The van der Waals surface area contributed by atoms with Crippen molar-refractivity contribution in [3.8, 4) is 0 Å². The fourth-order valence-corrected chi connectivity index (χ4v) is 2.83. The Labute approximate surface area is 116 Å². The zero-order chi connectivity index (χ0) is 13.8. The zero-order valence-corrected chi connectivity index (χ0v) is 12.3. The first-order chi connectivity index (χ1) is 9.19. The van der Waals surface area contributed by atoms with Crippen molar-refractivity contribution < 1.29 is 4.74 Å². The van der Waals surface area contributed by atoms with E-state index in [4.69, 9.17) is 10.5 Å². The third-order valence-electron chi connectivity index (χ3n) is 4.27. The van der Waals surface area contributed by atoms with Crippen molar-refractivity contribution in [3.63, 3.8) is 0 Å². The predicted molar refractivity (Wildman–Crippen MR) is 81.2 cm³/mol. The van der Waals surface area contributed by atoms with Crippen LogP contribution in [0.5, 0.6) is 0 Å². The second-order valence-electron chi connectivity index (χ2n) is 5.40. The van der Waals surface area contributed by atoms with Gasteiger partial charge in [-0.3, -0.25) is 0 Å². The summed E-state index contributed by atoms with van der Waals surface area (Å²) >= 11 is 0. The Morgan fingerprint density at radius 1 is 1.37 bits per heavy atom. The van der Waals surface area contributed by atoms with Gasteiger partial charge in [0.2, 0.25) is 0 Å². The minimum atomic E-state index is 0.0914. The quantitative estimate of drug-likeness (QED) is 0.894. The van der Waals surface area contributed by atoms with E-state index in [1.807, 2.05) is 0 Å². The van der Waals surface area contributed by atoms with E-state index < -0.39 is 0 Å². The summed E-state index contributed by atoms with van der Waals surface area (Å²) in [6.07, 6.45) is 2.25. The summed E-state index contributed by atoms with van der Waals surface area (Å²) in [7, 11) is 0. The maximum Gasteiger partial charge on any atom is 0.0910 e. The molecular formula is C17H25NO. The van der Waals surface area contributed by atoms with Crippen molar-refractivity contribution in [2.45, 2.75) is 45.6 Å². The Bertz CT molecular complexity index is 464. The van der Waals surface area contributed by atoms with Crippen molar-refractivity contribution >= 4 is 5.57 Å². The molecule has 0 aliphatic carbocycles. The lowest BCUT2D eigenvalue weighted by molar-refractivity contribution is 0.0795. The van der Waals surface area contributed by atoms with Crippen molar-refractivity contribution in [2.24, 2.45) is 5.73 Å². The smallest absolute Gasteiger partial charge is 0.0910 e. The molecule has 0 aromatic heterocycles. The van der Waals surface area contributed by atoms with Gasteiger partial charge in [0.25, 0.3) is 0 Å². The van der Waals surface area contributed by atoms with Crippen LogP contribution in [0, 0.1) is 0 Å². The van der Waals surface area contributed by atoms with Gasteiger partial charge in [-0.2, -0.15) is 0 Å². The second kappa shape index (κ2) is 6.36. The lowest BCUT2D eigenvalue weighted by atomic mass is 9.85. The highest BCUT2D eigenvalue weighted by Gasteiger charge is 2.22. The lowest BCUT2D eigenvalue weighted by Gasteiger charge is -2.28. The Kier molecular flexibility index (Phi) is 4.78. The average Bonchev–Trinajstić information content (AvgIpc) is 2.47. The number of hydrogen-bond donors (Lipinski definition) is 1.